The number of hydrogen-bond donors (Lipinski definition) is 3. The van der Waals surface area contributed by atoms with Crippen LogP contribution in [-0.2, 0) is 12.8 Å². The van der Waals surface area contributed by atoms with Gasteiger partial charge in [-0.25, -0.2) is 19.2 Å². The zero-order valence-electron chi connectivity index (χ0n) is 29.6. The molecular weight excluding hydrogens is 714 g/mol. The highest BCUT2D eigenvalue weighted by molar-refractivity contribution is 7.22. The van der Waals surface area contributed by atoms with Crippen molar-refractivity contribution in [3.05, 3.63) is 75.5 Å². The van der Waals surface area contributed by atoms with E-state index in [0.717, 1.165) is 71.9 Å². The Balaban J connectivity index is 0.950. The summed E-state index contributed by atoms with van der Waals surface area (Å²) in [5.41, 5.74) is 3.51. The van der Waals surface area contributed by atoms with Crippen LogP contribution in [0.2, 0.25) is 0 Å². The number of halogens is 1. The average molecular weight is 754 g/mol. The number of piperazine rings is 1. The molecular formula is C38H40FN9O3S2. The Bertz CT molecular complexity index is 2170. The number of ether oxygens (including phenoxy) is 1. The van der Waals surface area contributed by atoms with Gasteiger partial charge in [-0.05, 0) is 62.9 Å². The summed E-state index contributed by atoms with van der Waals surface area (Å²) < 4.78 is 21.7. The number of aromatic carboxylic acids is 1. The number of benzene rings is 2. The Labute approximate surface area is 315 Å². The van der Waals surface area contributed by atoms with Crippen LogP contribution >= 0.6 is 22.7 Å². The Morgan fingerprint density at radius 1 is 1.09 bits per heavy atom. The molecule has 1 fully saturated rings. The van der Waals surface area contributed by atoms with E-state index in [1.165, 1.54) is 17.4 Å². The van der Waals surface area contributed by atoms with E-state index >= 15 is 0 Å². The van der Waals surface area contributed by atoms with Gasteiger partial charge in [-0.15, -0.1) is 21.5 Å². The van der Waals surface area contributed by atoms with Gasteiger partial charge in [0.25, 0.3) is 0 Å². The first kappa shape index (κ1) is 36.2. The van der Waals surface area contributed by atoms with Crippen molar-refractivity contribution in [3.8, 4) is 17.6 Å². The van der Waals surface area contributed by atoms with Crippen molar-refractivity contribution in [1.82, 2.24) is 30.0 Å². The number of rotatable bonds is 11. The van der Waals surface area contributed by atoms with Gasteiger partial charge in [-0.2, -0.15) is 0 Å². The number of para-hydroxylation sites is 1. The fourth-order valence-electron chi connectivity index (χ4n) is 6.47. The second kappa shape index (κ2) is 16.2. The van der Waals surface area contributed by atoms with Crippen LogP contribution in [-0.4, -0.2) is 92.8 Å². The number of aromatic nitrogens is 4. The monoisotopic (exact) mass is 753 g/mol. The lowest BCUT2D eigenvalue weighted by molar-refractivity contribution is 0.0690. The topological polar surface area (TPSA) is 144 Å². The van der Waals surface area contributed by atoms with Crippen molar-refractivity contribution < 1.29 is 19.0 Å². The van der Waals surface area contributed by atoms with E-state index in [1.54, 1.807) is 23.5 Å². The molecule has 53 heavy (non-hydrogen) atoms. The molecule has 0 radical (unpaired) electrons. The van der Waals surface area contributed by atoms with E-state index in [2.05, 4.69) is 47.1 Å². The number of thiazole rings is 2. The maximum atomic E-state index is 14.9. The minimum atomic E-state index is -1.10. The first-order valence-electron chi connectivity index (χ1n) is 17.7. The summed E-state index contributed by atoms with van der Waals surface area (Å²) in [4.78, 5) is 28.3. The molecule has 0 aliphatic carbocycles. The third-order valence-corrected chi connectivity index (χ3v) is 11.5. The largest absolute Gasteiger partial charge is 0.491 e. The van der Waals surface area contributed by atoms with Gasteiger partial charge in [-0.3, -0.25) is 10.3 Å². The second-order valence-electron chi connectivity index (χ2n) is 12.9. The minimum absolute atomic E-state index is 0.00680. The van der Waals surface area contributed by atoms with Gasteiger partial charge in [0.2, 0.25) is 0 Å². The summed E-state index contributed by atoms with van der Waals surface area (Å²) in [5, 5.41) is 31.7. The number of carboxylic acid groups (broad SMARTS) is 1. The van der Waals surface area contributed by atoms with Crippen molar-refractivity contribution in [2.24, 2.45) is 0 Å². The molecule has 5 heterocycles. The van der Waals surface area contributed by atoms with Crippen LogP contribution in [0.1, 0.15) is 58.2 Å². The number of nitrogens with one attached hydrogen (secondary N) is 2. The van der Waals surface area contributed by atoms with Gasteiger partial charge in [-0.1, -0.05) is 42.2 Å². The number of hydrogen-bond acceptors (Lipinski definition) is 12. The molecule has 2 aliphatic heterocycles. The highest BCUT2D eigenvalue weighted by Crippen LogP contribution is 2.39. The summed E-state index contributed by atoms with van der Waals surface area (Å²) in [6, 6.07) is 12.7. The number of aryl methyl sites for hydroxylation is 1. The maximum absolute atomic E-state index is 14.9. The first-order valence-corrected chi connectivity index (χ1v) is 19.4. The fourth-order valence-corrected chi connectivity index (χ4v) is 8.45. The molecule has 15 heteroatoms. The molecule has 1 saturated heterocycles. The van der Waals surface area contributed by atoms with Crippen molar-refractivity contribution in [3.63, 3.8) is 0 Å². The quantitative estimate of drug-likeness (QED) is 0.0562. The van der Waals surface area contributed by atoms with E-state index in [4.69, 9.17) is 10.1 Å². The summed E-state index contributed by atoms with van der Waals surface area (Å²) in [6.07, 6.45) is 3.30. The molecule has 7 rings (SSSR count). The third kappa shape index (κ3) is 8.25. The predicted molar refractivity (Wildman–Crippen MR) is 207 cm³/mol. The maximum Gasteiger partial charge on any atom is 0.355 e. The third-order valence-electron chi connectivity index (χ3n) is 9.39. The van der Waals surface area contributed by atoms with Crippen molar-refractivity contribution in [2.45, 2.75) is 46.0 Å². The van der Waals surface area contributed by atoms with Crippen molar-refractivity contribution >= 4 is 66.6 Å². The lowest BCUT2D eigenvalue weighted by Gasteiger charge is -2.35. The zero-order valence-corrected chi connectivity index (χ0v) is 31.2. The lowest BCUT2D eigenvalue weighted by Crippen LogP contribution is -2.48. The number of carbonyl (C=O) groups is 1. The molecule has 0 unspecified atom stereocenters. The summed E-state index contributed by atoms with van der Waals surface area (Å²) in [7, 11) is 0. The number of anilines is 4. The van der Waals surface area contributed by atoms with Crippen LogP contribution in [0.15, 0.2) is 42.5 Å². The first-order chi connectivity index (χ1) is 25.8. The Kier molecular flexibility index (Phi) is 11.1. The van der Waals surface area contributed by atoms with Gasteiger partial charge in [0, 0.05) is 60.7 Å². The second-order valence-corrected chi connectivity index (χ2v) is 15.0. The fraction of sp³-hybridized carbons (Fsp3) is 0.368. The molecule has 5 aromatic rings. The Morgan fingerprint density at radius 3 is 2.70 bits per heavy atom. The molecule has 3 N–H and O–H groups in total. The van der Waals surface area contributed by atoms with Crippen molar-refractivity contribution in [2.75, 3.05) is 56.1 Å². The van der Waals surface area contributed by atoms with Crippen LogP contribution in [0.3, 0.4) is 0 Å². The summed E-state index contributed by atoms with van der Waals surface area (Å²) >= 11 is 2.88. The van der Waals surface area contributed by atoms with E-state index in [9.17, 15) is 14.3 Å². The zero-order chi connectivity index (χ0) is 36.9. The molecule has 12 nitrogen and oxygen atoms in total. The molecule has 3 aromatic heterocycles. The molecule has 0 saturated carbocycles. The SMILES string of the molecule is CCC(=N)N1CCN(CC#Cc2ccc(OCCCc3sc(N4CCCc5c4nnc(Nc4nc6ccccc6s4)c5C)nc3C(=O)O)c(F)c2)CC1. The highest BCUT2D eigenvalue weighted by atomic mass is 32.1. The van der Waals surface area contributed by atoms with Gasteiger partial charge in [0.05, 0.1) is 29.2 Å². The van der Waals surface area contributed by atoms with E-state index in [1.807, 2.05) is 43.0 Å². The average Bonchev–Trinajstić information content (AvgIpc) is 3.79. The van der Waals surface area contributed by atoms with Crippen LogP contribution < -0.4 is 15.0 Å². The normalized spacial score (nSPS) is 14.5. The highest BCUT2D eigenvalue weighted by Gasteiger charge is 2.28. The predicted octanol–water partition coefficient (Wildman–Crippen LogP) is 6.88. The van der Waals surface area contributed by atoms with Crippen LogP contribution in [0.25, 0.3) is 10.2 Å². The van der Waals surface area contributed by atoms with Gasteiger partial charge < -0.3 is 25.0 Å². The van der Waals surface area contributed by atoms with Crippen LogP contribution in [0.4, 0.5) is 26.3 Å². The minimum Gasteiger partial charge on any atom is -0.491 e. The van der Waals surface area contributed by atoms with E-state index in [-0.39, 0.29) is 18.1 Å². The summed E-state index contributed by atoms with van der Waals surface area (Å²) in [6.45, 7) is 8.79. The lowest BCUT2D eigenvalue weighted by atomic mass is 10.0. The van der Waals surface area contributed by atoms with Gasteiger partial charge >= 0.3 is 5.97 Å². The van der Waals surface area contributed by atoms with Crippen molar-refractivity contribution in [1.29, 1.82) is 5.41 Å². The number of carboxylic acids is 1. The van der Waals surface area contributed by atoms with E-state index < -0.39 is 11.8 Å². The standard InChI is InChI=1S/C38H40FN9O3S2/c1-3-32(40)47-20-18-46(19-21-47)16-6-9-25-14-15-29(27(39)23-25)51-22-8-13-31-33(36(49)50)42-38(53-31)48-17-7-10-26-24(2)34(44-45-35(26)48)43-37-41-28-11-4-5-12-30(28)52-37/h4-5,11-12,14-15,23,40H,3,7-8,10,13,16-22H2,1-2H3,(H,49,50)(H,41,43,44). The molecule has 2 aromatic carbocycles. The molecule has 0 atom stereocenters. The van der Waals surface area contributed by atoms with Gasteiger partial charge in [0.15, 0.2) is 39.2 Å². The molecule has 2 aliphatic rings. The molecule has 0 bridgehead atoms. The van der Waals surface area contributed by atoms with Crippen LogP contribution in [0.5, 0.6) is 5.75 Å². The number of fused-ring (bicyclic) bond motifs is 2. The molecule has 0 spiro atoms. The van der Waals surface area contributed by atoms with Gasteiger partial charge in [0.1, 0.15) is 0 Å². The Morgan fingerprint density at radius 2 is 1.92 bits per heavy atom. The van der Waals surface area contributed by atoms with Crippen LogP contribution in [0, 0.1) is 30.0 Å². The molecule has 274 valence electrons. The van der Waals surface area contributed by atoms with E-state index in [0.29, 0.717) is 59.0 Å². The summed E-state index contributed by atoms with van der Waals surface area (Å²) in [5.74, 6) is 6.72. The Hall–Kier alpha value is -5.17. The number of nitrogens with zero attached hydrogens (tertiary/aromatic N) is 7. The number of amidine groups is 1. The molecule has 0 amide bonds. The smallest absolute Gasteiger partial charge is 0.355 e.